The Kier molecular flexibility index (Phi) is 6.85. The first kappa shape index (κ1) is 18.9. The summed E-state index contributed by atoms with van der Waals surface area (Å²) in [7, 11) is 0. The number of aliphatic hydroxyl groups excluding tert-OH is 1. The van der Waals surface area contributed by atoms with Crippen molar-refractivity contribution in [1.82, 2.24) is 5.32 Å². The van der Waals surface area contributed by atoms with Gasteiger partial charge in [-0.1, -0.05) is 43.2 Å². The summed E-state index contributed by atoms with van der Waals surface area (Å²) in [5.41, 5.74) is 6.06. The summed E-state index contributed by atoms with van der Waals surface area (Å²) < 4.78 is 0. The van der Waals surface area contributed by atoms with Gasteiger partial charge in [-0.05, 0) is 37.2 Å². The summed E-state index contributed by atoms with van der Waals surface area (Å²) >= 11 is 0. The number of hydrogen-bond acceptors (Lipinski definition) is 3. The molecule has 1 aromatic carbocycles. The molecule has 0 saturated heterocycles. The van der Waals surface area contributed by atoms with Gasteiger partial charge in [0.1, 0.15) is 5.54 Å². The second-order valence-electron chi connectivity index (χ2n) is 6.43. The fourth-order valence-corrected chi connectivity index (χ4v) is 3.24. The van der Waals surface area contributed by atoms with E-state index in [-0.39, 0.29) is 30.3 Å². The molecule has 1 saturated carbocycles. The second kappa shape index (κ2) is 7.95. The van der Waals surface area contributed by atoms with E-state index in [1.54, 1.807) is 6.92 Å². The standard InChI is InChI=1S/C17H26N2O2.ClH/c1-16(18,14-7-3-2-4-8-14)15(21)19-13-17(11-12-20)9-5-6-10-17;/h2-4,7-8,20H,5-6,9-13,18H2,1H3,(H,19,21);1H. The van der Waals surface area contributed by atoms with Gasteiger partial charge in [0.25, 0.3) is 0 Å². The van der Waals surface area contributed by atoms with Crippen molar-refractivity contribution < 1.29 is 9.90 Å². The Morgan fingerprint density at radius 2 is 1.91 bits per heavy atom. The molecule has 1 unspecified atom stereocenters. The van der Waals surface area contributed by atoms with Crippen LogP contribution in [-0.4, -0.2) is 24.2 Å². The highest BCUT2D eigenvalue weighted by atomic mass is 35.5. The van der Waals surface area contributed by atoms with E-state index in [0.29, 0.717) is 6.54 Å². The molecule has 22 heavy (non-hydrogen) atoms. The Balaban J connectivity index is 0.00000242. The van der Waals surface area contributed by atoms with E-state index in [9.17, 15) is 9.90 Å². The minimum Gasteiger partial charge on any atom is -0.396 e. The van der Waals surface area contributed by atoms with Gasteiger partial charge in [-0.15, -0.1) is 12.4 Å². The van der Waals surface area contributed by atoms with Crippen molar-refractivity contribution in [3.63, 3.8) is 0 Å². The van der Waals surface area contributed by atoms with Crippen LogP contribution in [0.5, 0.6) is 0 Å². The lowest BCUT2D eigenvalue weighted by Crippen LogP contribution is -2.51. The zero-order chi connectivity index (χ0) is 15.3. The van der Waals surface area contributed by atoms with E-state index in [1.165, 1.54) is 12.8 Å². The summed E-state index contributed by atoms with van der Waals surface area (Å²) in [5, 5.41) is 12.3. The monoisotopic (exact) mass is 326 g/mol. The van der Waals surface area contributed by atoms with Gasteiger partial charge in [-0.25, -0.2) is 0 Å². The molecule has 0 aromatic heterocycles. The number of nitrogens with two attached hydrogens (primary N) is 1. The topological polar surface area (TPSA) is 75.4 Å². The van der Waals surface area contributed by atoms with Crippen LogP contribution in [0.4, 0.5) is 0 Å². The molecule has 2 rings (SSSR count). The first-order chi connectivity index (χ1) is 10.0. The first-order valence-corrected chi connectivity index (χ1v) is 7.74. The first-order valence-electron chi connectivity index (χ1n) is 7.74. The molecular formula is C17H27ClN2O2. The van der Waals surface area contributed by atoms with Crippen LogP contribution in [0, 0.1) is 5.41 Å². The highest BCUT2D eigenvalue weighted by Gasteiger charge is 2.36. The van der Waals surface area contributed by atoms with Crippen LogP contribution < -0.4 is 11.1 Å². The maximum Gasteiger partial charge on any atom is 0.244 e. The number of halogens is 1. The molecule has 1 aromatic rings. The molecule has 1 atom stereocenters. The van der Waals surface area contributed by atoms with Crippen molar-refractivity contribution in [2.24, 2.45) is 11.1 Å². The highest BCUT2D eigenvalue weighted by molar-refractivity contribution is 5.87. The third-order valence-electron chi connectivity index (χ3n) is 4.78. The van der Waals surface area contributed by atoms with Crippen LogP contribution in [0.15, 0.2) is 30.3 Å². The molecule has 1 aliphatic carbocycles. The highest BCUT2D eigenvalue weighted by Crippen LogP contribution is 2.40. The zero-order valence-electron chi connectivity index (χ0n) is 13.2. The molecule has 0 bridgehead atoms. The number of aliphatic hydroxyl groups is 1. The van der Waals surface area contributed by atoms with Gasteiger partial charge >= 0.3 is 0 Å². The Labute approximate surface area is 138 Å². The minimum atomic E-state index is -1.03. The van der Waals surface area contributed by atoms with E-state index in [1.807, 2.05) is 30.3 Å². The number of carbonyl (C=O) groups excluding carboxylic acids is 1. The predicted molar refractivity (Wildman–Crippen MR) is 90.8 cm³/mol. The molecule has 0 spiro atoms. The summed E-state index contributed by atoms with van der Waals surface area (Å²) in [6.07, 6.45) is 5.24. The fraction of sp³-hybridized carbons (Fsp3) is 0.588. The largest absolute Gasteiger partial charge is 0.396 e. The van der Waals surface area contributed by atoms with Gasteiger partial charge in [0.15, 0.2) is 0 Å². The maximum absolute atomic E-state index is 12.5. The molecule has 4 nitrogen and oxygen atoms in total. The van der Waals surface area contributed by atoms with Gasteiger partial charge in [0, 0.05) is 13.2 Å². The van der Waals surface area contributed by atoms with E-state index in [0.717, 1.165) is 24.8 Å². The number of nitrogens with one attached hydrogen (secondary N) is 1. The normalized spacial score (nSPS) is 19.0. The Hall–Kier alpha value is -1.10. The van der Waals surface area contributed by atoms with Crippen LogP contribution in [0.25, 0.3) is 0 Å². The quantitative estimate of drug-likeness (QED) is 0.751. The van der Waals surface area contributed by atoms with Crippen LogP contribution in [0.1, 0.15) is 44.6 Å². The van der Waals surface area contributed by atoms with Crippen LogP contribution in [0.3, 0.4) is 0 Å². The van der Waals surface area contributed by atoms with Crippen LogP contribution >= 0.6 is 12.4 Å². The molecule has 124 valence electrons. The van der Waals surface area contributed by atoms with Crippen molar-refractivity contribution in [3.8, 4) is 0 Å². The van der Waals surface area contributed by atoms with Gasteiger partial charge in [-0.2, -0.15) is 0 Å². The van der Waals surface area contributed by atoms with Gasteiger partial charge in [-0.3, -0.25) is 4.79 Å². The molecule has 5 heteroatoms. The van der Waals surface area contributed by atoms with Crippen molar-refractivity contribution in [1.29, 1.82) is 0 Å². The predicted octanol–water partition coefficient (Wildman–Crippen LogP) is 2.34. The van der Waals surface area contributed by atoms with E-state index in [2.05, 4.69) is 5.32 Å². The lowest BCUT2D eigenvalue weighted by Gasteiger charge is -2.31. The van der Waals surface area contributed by atoms with Gasteiger partial charge < -0.3 is 16.2 Å². The Morgan fingerprint density at radius 3 is 2.45 bits per heavy atom. The molecule has 4 N–H and O–H groups in total. The molecule has 1 aliphatic rings. The SMILES string of the molecule is CC(N)(C(=O)NCC1(CCO)CCCC1)c1ccccc1.Cl. The van der Waals surface area contributed by atoms with Crippen molar-refractivity contribution in [2.45, 2.75) is 44.6 Å². The van der Waals surface area contributed by atoms with Crippen LogP contribution in [-0.2, 0) is 10.3 Å². The number of benzene rings is 1. The van der Waals surface area contributed by atoms with Gasteiger partial charge in [0.05, 0.1) is 0 Å². The third-order valence-corrected chi connectivity index (χ3v) is 4.78. The summed E-state index contributed by atoms with van der Waals surface area (Å²) in [6, 6.07) is 9.43. The zero-order valence-corrected chi connectivity index (χ0v) is 14.0. The molecule has 1 amide bonds. The minimum absolute atomic E-state index is 0. The molecule has 0 radical (unpaired) electrons. The summed E-state index contributed by atoms with van der Waals surface area (Å²) in [4.78, 5) is 12.5. The molecule has 0 aliphatic heterocycles. The van der Waals surface area contributed by atoms with Crippen molar-refractivity contribution in [3.05, 3.63) is 35.9 Å². The average molecular weight is 327 g/mol. The summed E-state index contributed by atoms with van der Waals surface area (Å²) in [6.45, 7) is 2.52. The van der Waals surface area contributed by atoms with Crippen molar-refractivity contribution >= 4 is 18.3 Å². The molecular weight excluding hydrogens is 300 g/mol. The second-order valence-corrected chi connectivity index (χ2v) is 6.43. The van der Waals surface area contributed by atoms with E-state index >= 15 is 0 Å². The fourth-order valence-electron chi connectivity index (χ4n) is 3.24. The number of hydrogen-bond donors (Lipinski definition) is 3. The Morgan fingerprint density at radius 1 is 1.32 bits per heavy atom. The number of amides is 1. The van der Waals surface area contributed by atoms with Gasteiger partial charge in [0.2, 0.25) is 5.91 Å². The Bertz CT molecular complexity index is 471. The van der Waals surface area contributed by atoms with Crippen molar-refractivity contribution in [2.75, 3.05) is 13.2 Å². The lowest BCUT2D eigenvalue weighted by atomic mass is 9.82. The maximum atomic E-state index is 12.5. The number of carbonyl (C=O) groups is 1. The van der Waals surface area contributed by atoms with E-state index in [4.69, 9.17) is 5.73 Å². The lowest BCUT2D eigenvalue weighted by molar-refractivity contribution is -0.126. The average Bonchev–Trinajstić information content (AvgIpc) is 2.95. The summed E-state index contributed by atoms with van der Waals surface area (Å²) in [5.74, 6) is -0.155. The third kappa shape index (κ3) is 4.22. The van der Waals surface area contributed by atoms with Crippen LogP contribution in [0.2, 0.25) is 0 Å². The van der Waals surface area contributed by atoms with E-state index < -0.39 is 5.54 Å². The molecule has 1 fully saturated rings. The number of rotatable bonds is 6. The molecule has 0 heterocycles. The smallest absolute Gasteiger partial charge is 0.244 e.